The zero-order valence-corrected chi connectivity index (χ0v) is 7.07. The Kier molecular flexibility index (Phi) is 3.68. The SMILES string of the molecule is CCc1c[nH]c(=O)c(N)c1.Cl. The van der Waals surface area contributed by atoms with Crippen LogP contribution in [-0.2, 0) is 6.42 Å². The summed E-state index contributed by atoms with van der Waals surface area (Å²) in [5.41, 5.74) is 6.49. The average Bonchev–Trinajstić information content (AvgIpc) is 1.95. The highest BCUT2D eigenvalue weighted by molar-refractivity contribution is 5.85. The highest BCUT2D eigenvalue weighted by atomic mass is 35.5. The van der Waals surface area contributed by atoms with Gasteiger partial charge in [-0.1, -0.05) is 6.92 Å². The van der Waals surface area contributed by atoms with E-state index in [9.17, 15) is 4.79 Å². The minimum absolute atomic E-state index is 0. The zero-order valence-electron chi connectivity index (χ0n) is 6.26. The largest absolute Gasteiger partial charge is 0.394 e. The van der Waals surface area contributed by atoms with Crippen LogP contribution in [0.25, 0.3) is 0 Å². The maximum atomic E-state index is 10.7. The molecule has 0 saturated carbocycles. The van der Waals surface area contributed by atoms with Gasteiger partial charge in [-0.25, -0.2) is 0 Å². The van der Waals surface area contributed by atoms with Gasteiger partial charge in [-0.05, 0) is 18.1 Å². The topological polar surface area (TPSA) is 58.9 Å². The van der Waals surface area contributed by atoms with Crippen molar-refractivity contribution in [1.29, 1.82) is 0 Å². The molecule has 11 heavy (non-hydrogen) atoms. The normalized spacial score (nSPS) is 8.82. The summed E-state index contributed by atoms with van der Waals surface area (Å²) in [6.07, 6.45) is 2.57. The lowest BCUT2D eigenvalue weighted by molar-refractivity contribution is 1.09. The highest BCUT2D eigenvalue weighted by Crippen LogP contribution is 1.98. The molecular weight excluding hydrogens is 164 g/mol. The number of hydrogen-bond acceptors (Lipinski definition) is 2. The molecule has 0 bridgehead atoms. The summed E-state index contributed by atoms with van der Waals surface area (Å²) in [5, 5.41) is 0. The van der Waals surface area contributed by atoms with Gasteiger partial charge in [0.25, 0.3) is 5.56 Å². The molecule has 0 amide bonds. The molecule has 3 N–H and O–H groups in total. The molecule has 0 aromatic carbocycles. The standard InChI is InChI=1S/C7H10N2O.ClH/c1-2-5-3-6(8)7(10)9-4-5;/h3-4H,2,8H2,1H3,(H,9,10);1H. The number of halogens is 1. The fourth-order valence-electron chi connectivity index (χ4n) is 0.753. The quantitative estimate of drug-likeness (QED) is 0.666. The van der Waals surface area contributed by atoms with Crippen LogP contribution in [0.4, 0.5) is 5.69 Å². The van der Waals surface area contributed by atoms with E-state index in [2.05, 4.69) is 4.98 Å². The number of aryl methyl sites for hydroxylation is 1. The van der Waals surface area contributed by atoms with E-state index in [1.54, 1.807) is 12.3 Å². The molecule has 1 aromatic heterocycles. The molecular formula is C7H11ClN2O. The number of hydrogen-bond donors (Lipinski definition) is 2. The van der Waals surface area contributed by atoms with Crippen molar-refractivity contribution in [3.63, 3.8) is 0 Å². The number of anilines is 1. The van der Waals surface area contributed by atoms with Gasteiger partial charge in [0.1, 0.15) is 0 Å². The monoisotopic (exact) mass is 174 g/mol. The van der Waals surface area contributed by atoms with Gasteiger partial charge < -0.3 is 10.7 Å². The van der Waals surface area contributed by atoms with Crippen molar-refractivity contribution in [1.82, 2.24) is 4.98 Å². The van der Waals surface area contributed by atoms with Gasteiger partial charge in [-0.2, -0.15) is 0 Å². The molecule has 4 heteroatoms. The molecule has 1 aromatic rings. The highest BCUT2D eigenvalue weighted by Gasteiger charge is 1.93. The van der Waals surface area contributed by atoms with Crippen molar-refractivity contribution in [3.05, 3.63) is 28.2 Å². The second-order valence-corrected chi connectivity index (χ2v) is 2.15. The Morgan fingerprint density at radius 2 is 2.27 bits per heavy atom. The third-order valence-corrected chi connectivity index (χ3v) is 1.40. The van der Waals surface area contributed by atoms with Gasteiger partial charge >= 0.3 is 0 Å². The molecule has 0 radical (unpaired) electrons. The number of aromatic amines is 1. The van der Waals surface area contributed by atoms with Crippen molar-refractivity contribution in [3.8, 4) is 0 Å². The minimum Gasteiger partial charge on any atom is -0.394 e. The molecule has 0 fully saturated rings. The van der Waals surface area contributed by atoms with Crippen LogP contribution in [0.2, 0.25) is 0 Å². The van der Waals surface area contributed by atoms with E-state index in [0.717, 1.165) is 12.0 Å². The molecule has 3 nitrogen and oxygen atoms in total. The third kappa shape index (κ3) is 2.27. The smallest absolute Gasteiger partial charge is 0.271 e. The maximum Gasteiger partial charge on any atom is 0.271 e. The van der Waals surface area contributed by atoms with Crippen molar-refractivity contribution in [2.45, 2.75) is 13.3 Å². The number of aromatic nitrogens is 1. The number of nitrogens with two attached hydrogens (primary N) is 1. The van der Waals surface area contributed by atoms with Crippen LogP contribution in [0.15, 0.2) is 17.1 Å². The Balaban J connectivity index is 0.000001000. The van der Waals surface area contributed by atoms with Crippen LogP contribution in [0.1, 0.15) is 12.5 Å². The first-order chi connectivity index (χ1) is 4.74. The lowest BCUT2D eigenvalue weighted by Gasteiger charge is -1.95. The fraction of sp³-hybridized carbons (Fsp3) is 0.286. The Hall–Kier alpha value is -0.960. The predicted octanol–water partition coefficient (Wildman–Crippen LogP) is 0.941. The van der Waals surface area contributed by atoms with Gasteiger partial charge in [0.2, 0.25) is 0 Å². The van der Waals surface area contributed by atoms with Gasteiger partial charge in [0, 0.05) is 6.20 Å². The molecule has 1 rings (SSSR count). The van der Waals surface area contributed by atoms with Gasteiger partial charge in [0.05, 0.1) is 5.69 Å². The first-order valence-electron chi connectivity index (χ1n) is 3.21. The Labute approximate surface area is 71.0 Å². The van der Waals surface area contributed by atoms with E-state index in [-0.39, 0.29) is 18.0 Å². The number of nitrogen functional groups attached to an aromatic ring is 1. The van der Waals surface area contributed by atoms with Crippen LogP contribution >= 0.6 is 12.4 Å². The summed E-state index contributed by atoms with van der Waals surface area (Å²) in [5.74, 6) is 0. The molecule has 0 saturated heterocycles. The fourth-order valence-corrected chi connectivity index (χ4v) is 0.753. The van der Waals surface area contributed by atoms with Gasteiger partial charge in [0.15, 0.2) is 0 Å². The Morgan fingerprint density at radius 3 is 2.73 bits per heavy atom. The Bertz CT molecular complexity index is 282. The number of pyridine rings is 1. The van der Waals surface area contributed by atoms with Crippen LogP contribution in [-0.4, -0.2) is 4.98 Å². The van der Waals surface area contributed by atoms with E-state index < -0.39 is 0 Å². The zero-order chi connectivity index (χ0) is 7.56. The van der Waals surface area contributed by atoms with Gasteiger partial charge in [-0.15, -0.1) is 12.4 Å². The molecule has 0 aliphatic heterocycles. The van der Waals surface area contributed by atoms with Crippen molar-refractivity contribution in [2.75, 3.05) is 5.73 Å². The first-order valence-corrected chi connectivity index (χ1v) is 3.21. The molecule has 0 aliphatic rings. The number of nitrogens with one attached hydrogen (secondary N) is 1. The predicted molar refractivity (Wildman–Crippen MR) is 48.1 cm³/mol. The molecule has 0 aliphatic carbocycles. The number of H-pyrrole nitrogens is 1. The summed E-state index contributed by atoms with van der Waals surface area (Å²) >= 11 is 0. The van der Waals surface area contributed by atoms with E-state index >= 15 is 0 Å². The van der Waals surface area contributed by atoms with Crippen LogP contribution < -0.4 is 11.3 Å². The first kappa shape index (κ1) is 10.0. The minimum atomic E-state index is -0.211. The maximum absolute atomic E-state index is 10.7. The van der Waals surface area contributed by atoms with E-state index in [1.165, 1.54) is 0 Å². The number of rotatable bonds is 1. The second kappa shape index (κ2) is 4.03. The molecule has 62 valence electrons. The lowest BCUT2D eigenvalue weighted by Crippen LogP contribution is -2.11. The van der Waals surface area contributed by atoms with Crippen LogP contribution in [0.5, 0.6) is 0 Å². The summed E-state index contributed by atoms with van der Waals surface area (Å²) in [4.78, 5) is 13.2. The lowest BCUT2D eigenvalue weighted by atomic mass is 10.2. The summed E-state index contributed by atoms with van der Waals surface area (Å²) in [7, 11) is 0. The average molecular weight is 175 g/mol. The van der Waals surface area contributed by atoms with Crippen LogP contribution in [0, 0.1) is 0 Å². The summed E-state index contributed by atoms with van der Waals surface area (Å²) < 4.78 is 0. The van der Waals surface area contributed by atoms with E-state index in [4.69, 9.17) is 5.73 Å². The molecule has 0 unspecified atom stereocenters. The van der Waals surface area contributed by atoms with Crippen molar-refractivity contribution in [2.24, 2.45) is 0 Å². The molecule has 0 spiro atoms. The van der Waals surface area contributed by atoms with Crippen LogP contribution in [0.3, 0.4) is 0 Å². The van der Waals surface area contributed by atoms with Crippen molar-refractivity contribution >= 4 is 18.1 Å². The molecule has 0 atom stereocenters. The Morgan fingerprint density at radius 1 is 1.64 bits per heavy atom. The summed E-state index contributed by atoms with van der Waals surface area (Å²) in [6, 6.07) is 1.69. The van der Waals surface area contributed by atoms with E-state index in [1.807, 2.05) is 6.92 Å². The second-order valence-electron chi connectivity index (χ2n) is 2.15. The molecule has 1 heterocycles. The van der Waals surface area contributed by atoms with E-state index in [0.29, 0.717) is 5.69 Å². The third-order valence-electron chi connectivity index (χ3n) is 1.40. The van der Waals surface area contributed by atoms with Gasteiger partial charge in [-0.3, -0.25) is 4.79 Å². The summed E-state index contributed by atoms with van der Waals surface area (Å²) in [6.45, 7) is 2.01. The van der Waals surface area contributed by atoms with Crippen molar-refractivity contribution < 1.29 is 0 Å².